The highest BCUT2D eigenvalue weighted by Gasteiger charge is 2.11. The first kappa shape index (κ1) is 17.5. The standard InChI is InChI=1S/C20H24N2O3/c1-14-8-18-19(9-15(14)2)22(13-21-18)10-17(23)12-25-11-16-6-4-5-7-20(16)24-3/h4-9,13,17,23H,10-12H2,1-3H3/t17-/m1/s1. The molecule has 1 N–H and O–H groups in total. The third-order valence-electron chi connectivity index (χ3n) is 4.40. The molecule has 0 aliphatic rings. The number of aliphatic hydroxyl groups is 1. The predicted octanol–water partition coefficient (Wildman–Crippen LogP) is 3.24. The molecular weight excluding hydrogens is 316 g/mol. The molecule has 1 heterocycles. The molecule has 0 radical (unpaired) electrons. The van der Waals surface area contributed by atoms with Crippen LogP contribution in [0.15, 0.2) is 42.7 Å². The van der Waals surface area contributed by atoms with Crippen LogP contribution in [0.1, 0.15) is 16.7 Å². The Balaban J connectivity index is 1.59. The van der Waals surface area contributed by atoms with E-state index >= 15 is 0 Å². The summed E-state index contributed by atoms with van der Waals surface area (Å²) in [5.74, 6) is 0.795. The van der Waals surface area contributed by atoms with Gasteiger partial charge in [0.2, 0.25) is 0 Å². The molecule has 3 aromatic rings. The normalized spacial score (nSPS) is 12.5. The topological polar surface area (TPSA) is 56.5 Å². The minimum atomic E-state index is -0.603. The van der Waals surface area contributed by atoms with Crippen molar-refractivity contribution >= 4 is 11.0 Å². The van der Waals surface area contributed by atoms with Crippen molar-refractivity contribution in [3.8, 4) is 5.75 Å². The zero-order valence-electron chi connectivity index (χ0n) is 14.9. The molecule has 3 rings (SSSR count). The summed E-state index contributed by atoms with van der Waals surface area (Å²) in [6.45, 7) is 5.27. The van der Waals surface area contributed by atoms with Crippen molar-refractivity contribution in [2.45, 2.75) is 33.1 Å². The van der Waals surface area contributed by atoms with Gasteiger partial charge in [-0.3, -0.25) is 0 Å². The number of hydrogen-bond acceptors (Lipinski definition) is 4. The first-order valence-corrected chi connectivity index (χ1v) is 8.38. The van der Waals surface area contributed by atoms with E-state index in [1.807, 2.05) is 28.8 Å². The van der Waals surface area contributed by atoms with Gasteiger partial charge >= 0.3 is 0 Å². The molecule has 0 saturated heterocycles. The summed E-state index contributed by atoms with van der Waals surface area (Å²) < 4.78 is 12.9. The van der Waals surface area contributed by atoms with Crippen LogP contribution in [0, 0.1) is 13.8 Å². The highest BCUT2D eigenvalue weighted by atomic mass is 16.5. The lowest BCUT2D eigenvalue weighted by atomic mass is 10.1. The first-order valence-electron chi connectivity index (χ1n) is 8.38. The summed E-state index contributed by atoms with van der Waals surface area (Å²) in [5.41, 5.74) is 5.39. The highest BCUT2D eigenvalue weighted by Crippen LogP contribution is 2.20. The third kappa shape index (κ3) is 4.00. The van der Waals surface area contributed by atoms with E-state index in [0.717, 1.165) is 22.3 Å². The third-order valence-corrected chi connectivity index (χ3v) is 4.40. The van der Waals surface area contributed by atoms with Crippen LogP contribution < -0.4 is 4.74 Å². The molecule has 1 atom stereocenters. The average molecular weight is 340 g/mol. The summed E-state index contributed by atoms with van der Waals surface area (Å²) in [7, 11) is 1.64. The molecule has 0 unspecified atom stereocenters. The fourth-order valence-electron chi connectivity index (χ4n) is 2.87. The van der Waals surface area contributed by atoms with E-state index in [2.05, 4.69) is 31.0 Å². The van der Waals surface area contributed by atoms with Gasteiger partial charge < -0.3 is 19.1 Å². The van der Waals surface area contributed by atoms with Gasteiger partial charge in [-0.05, 0) is 43.2 Å². The lowest BCUT2D eigenvalue weighted by Crippen LogP contribution is -2.21. The van der Waals surface area contributed by atoms with Crippen molar-refractivity contribution in [2.24, 2.45) is 0 Å². The molecule has 0 spiro atoms. The lowest BCUT2D eigenvalue weighted by Gasteiger charge is -2.14. The largest absolute Gasteiger partial charge is 0.496 e. The Bertz CT molecular complexity index is 857. The minimum absolute atomic E-state index is 0.253. The number of aromatic nitrogens is 2. The van der Waals surface area contributed by atoms with Gasteiger partial charge in [0.15, 0.2) is 0 Å². The number of benzene rings is 2. The molecular formula is C20H24N2O3. The molecule has 2 aromatic carbocycles. The maximum atomic E-state index is 10.3. The van der Waals surface area contributed by atoms with E-state index < -0.39 is 6.10 Å². The molecule has 0 aliphatic carbocycles. The second kappa shape index (κ2) is 7.68. The quantitative estimate of drug-likeness (QED) is 0.717. The number of imidazole rings is 1. The van der Waals surface area contributed by atoms with E-state index in [9.17, 15) is 5.11 Å². The van der Waals surface area contributed by atoms with Gasteiger partial charge in [0, 0.05) is 5.56 Å². The average Bonchev–Trinajstić information content (AvgIpc) is 2.97. The van der Waals surface area contributed by atoms with Crippen LogP contribution in [0.5, 0.6) is 5.75 Å². The van der Waals surface area contributed by atoms with Crippen LogP contribution in [0.2, 0.25) is 0 Å². The minimum Gasteiger partial charge on any atom is -0.496 e. The van der Waals surface area contributed by atoms with Gasteiger partial charge in [-0.2, -0.15) is 0 Å². The predicted molar refractivity (Wildman–Crippen MR) is 97.9 cm³/mol. The van der Waals surface area contributed by atoms with Gasteiger partial charge in [0.05, 0.1) is 50.3 Å². The molecule has 5 nitrogen and oxygen atoms in total. The number of ether oxygens (including phenoxy) is 2. The van der Waals surface area contributed by atoms with Gasteiger partial charge in [0.25, 0.3) is 0 Å². The van der Waals surface area contributed by atoms with Gasteiger partial charge in [0.1, 0.15) is 5.75 Å². The van der Waals surface area contributed by atoms with E-state index in [-0.39, 0.29) is 6.61 Å². The Morgan fingerprint density at radius 1 is 1.16 bits per heavy atom. The summed E-state index contributed by atoms with van der Waals surface area (Å²) in [5, 5.41) is 10.3. The van der Waals surface area contributed by atoms with Crippen molar-refractivity contribution in [1.29, 1.82) is 0 Å². The number of nitrogens with zero attached hydrogens (tertiary/aromatic N) is 2. The summed E-state index contributed by atoms with van der Waals surface area (Å²) in [6.07, 6.45) is 1.17. The van der Waals surface area contributed by atoms with E-state index in [1.165, 1.54) is 11.1 Å². The number of methoxy groups -OCH3 is 1. The van der Waals surface area contributed by atoms with Crippen molar-refractivity contribution in [3.63, 3.8) is 0 Å². The summed E-state index contributed by atoms with van der Waals surface area (Å²) in [6, 6.07) is 11.9. The zero-order chi connectivity index (χ0) is 17.8. The summed E-state index contributed by atoms with van der Waals surface area (Å²) >= 11 is 0. The van der Waals surface area contributed by atoms with E-state index in [1.54, 1.807) is 13.4 Å². The van der Waals surface area contributed by atoms with Crippen LogP contribution >= 0.6 is 0 Å². The molecule has 25 heavy (non-hydrogen) atoms. The second-order valence-corrected chi connectivity index (χ2v) is 6.30. The van der Waals surface area contributed by atoms with Crippen molar-refractivity contribution < 1.29 is 14.6 Å². The number of fused-ring (bicyclic) bond motifs is 1. The highest BCUT2D eigenvalue weighted by molar-refractivity contribution is 5.77. The fraction of sp³-hybridized carbons (Fsp3) is 0.350. The van der Waals surface area contributed by atoms with Crippen LogP contribution in [-0.4, -0.2) is 34.5 Å². The van der Waals surface area contributed by atoms with E-state index in [4.69, 9.17) is 9.47 Å². The van der Waals surface area contributed by atoms with Gasteiger partial charge in [-0.15, -0.1) is 0 Å². The maximum Gasteiger partial charge on any atom is 0.124 e. The number of aryl methyl sites for hydroxylation is 2. The van der Waals surface area contributed by atoms with Crippen LogP contribution in [-0.2, 0) is 17.9 Å². The molecule has 0 bridgehead atoms. The SMILES string of the molecule is COc1ccccc1COC[C@H](O)Cn1cnc2cc(C)c(C)cc21. The van der Waals surface area contributed by atoms with Crippen LogP contribution in [0.4, 0.5) is 0 Å². The molecule has 1 aromatic heterocycles. The van der Waals surface area contributed by atoms with Crippen molar-refractivity contribution in [2.75, 3.05) is 13.7 Å². The Morgan fingerprint density at radius 3 is 2.72 bits per heavy atom. The maximum absolute atomic E-state index is 10.3. The Kier molecular flexibility index (Phi) is 5.36. The Morgan fingerprint density at radius 2 is 1.92 bits per heavy atom. The monoisotopic (exact) mass is 340 g/mol. The molecule has 5 heteroatoms. The Labute approximate surface area is 147 Å². The van der Waals surface area contributed by atoms with Crippen LogP contribution in [0.25, 0.3) is 11.0 Å². The molecule has 0 saturated carbocycles. The second-order valence-electron chi connectivity index (χ2n) is 6.30. The number of rotatable bonds is 7. The lowest BCUT2D eigenvalue weighted by molar-refractivity contribution is 0.0203. The number of aliphatic hydroxyl groups excluding tert-OH is 1. The van der Waals surface area contributed by atoms with Crippen molar-refractivity contribution in [3.05, 3.63) is 59.4 Å². The number of para-hydroxylation sites is 1. The van der Waals surface area contributed by atoms with Gasteiger partial charge in [-0.1, -0.05) is 18.2 Å². The summed E-state index contributed by atoms with van der Waals surface area (Å²) in [4.78, 5) is 4.42. The first-order chi connectivity index (χ1) is 12.1. The molecule has 0 amide bonds. The number of hydrogen-bond donors (Lipinski definition) is 1. The Hall–Kier alpha value is -2.37. The molecule has 0 aliphatic heterocycles. The zero-order valence-corrected chi connectivity index (χ0v) is 14.9. The fourth-order valence-corrected chi connectivity index (χ4v) is 2.87. The van der Waals surface area contributed by atoms with Gasteiger partial charge in [-0.25, -0.2) is 4.98 Å². The molecule has 132 valence electrons. The smallest absolute Gasteiger partial charge is 0.124 e. The van der Waals surface area contributed by atoms with Crippen LogP contribution in [0.3, 0.4) is 0 Å². The van der Waals surface area contributed by atoms with Crippen molar-refractivity contribution in [1.82, 2.24) is 9.55 Å². The molecule has 0 fully saturated rings. The van der Waals surface area contributed by atoms with E-state index in [0.29, 0.717) is 13.2 Å².